The molecule has 0 spiro atoms. The predicted octanol–water partition coefficient (Wildman–Crippen LogP) is 4.73. The molecule has 2 aromatic carbocycles. The summed E-state index contributed by atoms with van der Waals surface area (Å²) in [6, 6.07) is 16.4. The summed E-state index contributed by atoms with van der Waals surface area (Å²) in [5.41, 5.74) is 3.25. The molecule has 0 N–H and O–H groups in total. The lowest BCUT2D eigenvalue weighted by Gasteiger charge is -2.25. The Morgan fingerprint density at radius 1 is 1.10 bits per heavy atom. The average molecular weight is 344 g/mol. The van der Waals surface area contributed by atoms with Crippen molar-refractivity contribution in [2.24, 2.45) is 0 Å². The van der Waals surface area contributed by atoms with E-state index in [1.54, 1.807) is 0 Å². The van der Waals surface area contributed by atoms with Gasteiger partial charge in [0.15, 0.2) is 0 Å². The first-order valence-corrected chi connectivity index (χ1v) is 8.07. The van der Waals surface area contributed by atoms with E-state index in [1.807, 2.05) is 29.2 Å². The molecule has 0 saturated carbocycles. The minimum absolute atomic E-state index is 0.130. The van der Waals surface area contributed by atoms with Gasteiger partial charge in [0, 0.05) is 16.6 Å². The molecule has 1 aliphatic heterocycles. The first kappa shape index (κ1) is 14.3. The Morgan fingerprint density at radius 2 is 1.76 bits per heavy atom. The maximum absolute atomic E-state index is 12.7. The lowest BCUT2D eigenvalue weighted by atomic mass is 10.0. The van der Waals surface area contributed by atoms with Crippen molar-refractivity contribution in [3.63, 3.8) is 0 Å². The van der Waals surface area contributed by atoms with Gasteiger partial charge in [0.25, 0.3) is 5.91 Å². The molecule has 0 radical (unpaired) electrons. The van der Waals surface area contributed by atoms with Gasteiger partial charge in [-0.2, -0.15) is 0 Å². The molecule has 2 aromatic rings. The number of halogens is 1. The van der Waals surface area contributed by atoms with Crippen molar-refractivity contribution in [3.05, 3.63) is 69.7 Å². The monoisotopic (exact) mass is 343 g/mol. The molecule has 2 nitrogen and oxygen atoms in total. The van der Waals surface area contributed by atoms with Crippen LogP contribution in [-0.4, -0.2) is 17.4 Å². The molecule has 1 heterocycles. The first-order chi connectivity index (χ1) is 10.1. The van der Waals surface area contributed by atoms with E-state index in [-0.39, 0.29) is 11.9 Å². The summed E-state index contributed by atoms with van der Waals surface area (Å²) in [6.07, 6.45) is 2.12. The zero-order chi connectivity index (χ0) is 14.8. The maximum atomic E-state index is 12.7. The van der Waals surface area contributed by atoms with E-state index in [4.69, 9.17) is 0 Å². The summed E-state index contributed by atoms with van der Waals surface area (Å²) >= 11 is 3.41. The number of aryl methyl sites for hydroxylation is 1. The van der Waals surface area contributed by atoms with Gasteiger partial charge in [0.2, 0.25) is 0 Å². The van der Waals surface area contributed by atoms with Crippen molar-refractivity contribution >= 4 is 21.8 Å². The third-order valence-corrected chi connectivity index (χ3v) is 4.60. The Morgan fingerprint density at radius 3 is 2.43 bits per heavy atom. The summed E-state index contributed by atoms with van der Waals surface area (Å²) in [4.78, 5) is 14.7. The number of carbonyl (C=O) groups is 1. The molecule has 1 fully saturated rings. The Labute approximate surface area is 133 Å². The van der Waals surface area contributed by atoms with Crippen LogP contribution < -0.4 is 0 Å². The molecule has 0 bridgehead atoms. The standard InChI is InChI=1S/C18H18BrNO/c1-13-4-6-14(7-5-13)17-3-2-12-20(17)18(21)15-8-10-16(19)11-9-15/h4-11,17H,2-3,12H2,1H3/t17-/m1/s1. The van der Waals surface area contributed by atoms with Crippen molar-refractivity contribution < 1.29 is 4.79 Å². The van der Waals surface area contributed by atoms with Gasteiger partial charge in [0.1, 0.15) is 0 Å². The molecule has 3 rings (SSSR count). The van der Waals surface area contributed by atoms with Crippen LogP contribution in [0.4, 0.5) is 0 Å². The zero-order valence-corrected chi connectivity index (χ0v) is 13.6. The van der Waals surface area contributed by atoms with Crippen molar-refractivity contribution in [3.8, 4) is 0 Å². The zero-order valence-electron chi connectivity index (χ0n) is 12.1. The Bertz CT molecular complexity index is 633. The summed E-state index contributed by atoms with van der Waals surface area (Å²) in [5.74, 6) is 0.130. The van der Waals surface area contributed by atoms with Crippen LogP contribution in [-0.2, 0) is 0 Å². The summed E-state index contributed by atoms with van der Waals surface area (Å²) < 4.78 is 0.996. The third kappa shape index (κ3) is 3.03. The van der Waals surface area contributed by atoms with E-state index in [9.17, 15) is 4.79 Å². The number of carbonyl (C=O) groups excluding carboxylic acids is 1. The minimum Gasteiger partial charge on any atom is -0.332 e. The van der Waals surface area contributed by atoms with Gasteiger partial charge in [-0.3, -0.25) is 4.79 Å². The lowest BCUT2D eigenvalue weighted by molar-refractivity contribution is 0.0735. The molecular weight excluding hydrogens is 326 g/mol. The molecule has 108 valence electrons. The van der Waals surface area contributed by atoms with Gasteiger partial charge < -0.3 is 4.90 Å². The molecule has 1 saturated heterocycles. The van der Waals surface area contributed by atoms with Crippen LogP contribution >= 0.6 is 15.9 Å². The van der Waals surface area contributed by atoms with E-state index >= 15 is 0 Å². The predicted molar refractivity (Wildman–Crippen MR) is 88.3 cm³/mol. The van der Waals surface area contributed by atoms with Crippen LogP contribution in [0.1, 0.15) is 40.4 Å². The molecule has 0 aromatic heterocycles. The van der Waals surface area contributed by atoms with Crippen molar-refractivity contribution in [1.29, 1.82) is 0 Å². The van der Waals surface area contributed by atoms with E-state index in [2.05, 4.69) is 47.1 Å². The van der Waals surface area contributed by atoms with Crippen LogP contribution in [0.15, 0.2) is 53.0 Å². The van der Waals surface area contributed by atoms with Crippen LogP contribution in [0.5, 0.6) is 0 Å². The number of benzene rings is 2. The normalized spacial score (nSPS) is 18.0. The fourth-order valence-corrected chi connectivity index (χ4v) is 3.17. The Hall–Kier alpha value is -1.61. The Balaban J connectivity index is 1.85. The number of nitrogens with zero attached hydrogens (tertiary/aromatic N) is 1. The quantitative estimate of drug-likeness (QED) is 0.771. The van der Waals surface area contributed by atoms with Gasteiger partial charge in [-0.1, -0.05) is 45.8 Å². The molecule has 3 heteroatoms. The van der Waals surface area contributed by atoms with Crippen LogP contribution in [0.2, 0.25) is 0 Å². The third-order valence-electron chi connectivity index (χ3n) is 4.07. The highest BCUT2D eigenvalue weighted by Crippen LogP contribution is 2.33. The number of rotatable bonds is 2. The highest BCUT2D eigenvalue weighted by molar-refractivity contribution is 9.10. The van der Waals surface area contributed by atoms with E-state index in [0.29, 0.717) is 0 Å². The number of hydrogen-bond donors (Lipinski definition) is 0. The second-order valence-corrected chi connectivity index (χ2v) is 6.49. The average Bonchev–Trinajstić information content (AvgIpc) is 2.97. The maximum Gasteiger partial charge on any atom is 0.254 e. The molecule has 0 unspecified atom stereocenters. The first-order valence-electron chi connectivity index (χ1n) is 7.28. The second kappa shape index (κ2) is 6.02. The van der Waals surface area contributed by atoms with Crippen LogP contribution in [0, 0.1) is 6.92 Å². The molecule has 21 heavy (non-hydrogen) atoms. The topological polar surface area (TPSA) is 20.3 Å². The molecule has 0 aliphatic carbocycles. The highest BCUT2D eigenvalue weighted by atomic mass is 79.9. The SMILES string of the molecule is Cc1ccc([C@H]2CCCN2C(=O)c2ccc(Br)cc2)cc1. The fourth-order valence-electron chi connectivity index (χ4n) is 2.90. The fraction of sp³-hybridized carbons (Fsp3) is 0.278. The minimum atomic E-state index is 0.130. The number of hydrogen-bond acceptors (Lipinski definition) is 1. The van der Waals surface area contributed by atoms with Crippen LogP contribution in [0.3, 0.4) is 0 Å². The smallest absolute Gasteiger partial charge is 0.254 e. The van der Waals surface area contributed by atoms with Gasteiger partial charge in [0.05, 0.1) is 6.04 Å². The Kier molecular flexibility index (Phi) is 4.11. The van der Waals surface area contributed by atoms with Gasteiger partial charge in [-0.25, -0.2) is 0 Å². The lowest BCUT2D eigenvalue weighted by Crippen LogP contribution is -2.30. The van der Waals surface area contributed by atoms with Crippen molar-refractivity contribution in [2.45, 2.75) is 25.8 Å². The van der Waals surface area contributed by atoms with Gasteiger partial charge in [-0.15, -0.1) is 0 Å². The summed E-state index contributed by atoms with van der Waals surface area (Å²) in [7, 11) is 0. The van der Waals surface area contributed by atoms with Crippen molar-refractivity contribution in [2.75, 3.05) is 6.54 Å². The largest absolute Gasteiger partial charge is 0.332 e. The van der Waals surface area contributed by atoms with Gasteiger partial charge in [-0.05, 0) is 49.6 Å². The summed E-state index contributed by atoms with van der Waals surface area (Å²) in [5, 5.41) is 0. The van der Waals surface area contributed by atoms with E-state index in [1.165, 1.54) is 11.1 Å². The second-order valence-electron chi connectivity index (χ2n) is 5.57. The van der Waals surface area contributed by atoms with Crippen molar-refractivity contribution in [1.82, 2.24) is 4.90 Å². The molecular formula is C18H18BrNO. The van der Waals surface area contributed by atoms with E-state index in [0.717, 1.165) is 29.4 Å². The van der Waals surface area contributed by atoms with Gasteiger partial charge >= 0.3 is 0 Å². The van der Waals surface area contributed by atoms with Crippen LogP contribution in [0.25, 0.3) is 0 Å². The number of amides is 1. The highest BCUT2D eigenvalue weighted by Gasteiger charge is 2.30. The number of likely N-dealkylation sites (tertiary alicyclic amines) is 1. The molecule has 1 atom stereocenters. The molecule has 1 aliphatic rings. The summed E-state index contributed by atoms with van der Waals surface area (Å²) in [6.45, 7) is 2.93. The van der Waals surface area contributed by atoms with E-state index < -0.39 is 0 Å². The molecule has 1 amide bonds.